The molecule has 22 heavy (non-hydrogen) atoms. The number of thiophene rings is 1. The van der Waals surface area contributed by atoms with Crippen molar-refractivity contribution in [3.8, 4) is 5.75 Å². The second-order valence-electron chi connectivity index (χ2n) is 5.44. The third-order valence-corrected chi connectivity index (χ3v) is 4.62. The molecule has 0 saturated heterocycles. The van der Waals surface area contributed by atoms with Crippen molar-refractivity contribution in [2.75, 3.05) is 7.11 Å². The number of carbonyl (C=O) groups excluding carboxylic acids is 1. The zero-order valence-electron chi connectivity index (χ0n) is 12.9. The first-order valence-corrected chi connectivity index (χ1v) is 8.42. The van der Waals surface area contributed by atoms with Crippen molar-refractivity contribution in [1.82, 2.24) is 5.32 Å². The molecule has 0 fully saturated rings. The van der Waals surface area contributed by atoms with Crippen molar-refractivity contribution < 1.29 is 9.53 Å². The van der Waals surface area contributed by atoms with Gasteiger partial charge in [0.1, 0.15) is 5.75 Å². The number of halogens is 1. The minimum absolute atomic E-state index is 0.0256. The van der Waals surface area contributed by atoms with E-state index in [0.717, 1.165) is 5.56 Å². The van der Waals surface area contributed by atoms with Gasteiger partial charge in [0, 0.05) is 15.5 Å². The van der Waals surface area contributed by atoms with Gasteiger partial charge >= 0.3 is 0 Å². The summed E-state index contributed by atoms with van der Waals surface area (Å²) in [5.41, 5.74) is 0.793. The van der Waals surface area contributed by atoms with Crippen molar-refractivity contribution >= 4 is 28.8 Å². The molecule has 1 heterocycles. The molecular formula is C17H20ClNO2S. The lowest BCUT2D eigenvalue weighted by Crippen LogP contribution is -2.32. The summed E-state index contributed by atoms with van der Waals surface area (Å²) >= 11 is 7.67. The van der Waals surface area contributed by atoms with E-state index in [0.29, 0.717) is 16.7 Å². The molecule has 1 N–H and O–H groups in total. The number of amides is 1. The Labute approximate surface area is 140 Å². The number of nitrogens with one attached hydrogen (secondary N) is 1. The summed E-state index contributed by atoms with van der Waals surface area (Å²) in [7, 11) is 1.59. The highest BCUT2D eigenvalue weighted by Crippen LogP contribution is 2.27. The fraction of sp³-hybridized carbons (Fsp3) is 0.353. The Balaban J connectivity index is 2.10. The Kier molecular flexibility index (Phi) is 5.86. The molecule has 1 aromatic heterocycles. The van der Waals surface area contributed by atoms with Gasteiger partial charge in [0.2, 0.25) is 5.91 Å². The minimum atomic E-state index is -0.0346. The molecular weight excluding hydrogens is 318 g/mol. The lowest BCUT2D eigenvalue weighted by molar-refractivity contribution is -0.121. The lowest BCUT2D eigenvalue weighted by Gasteiger charge is -2.21. The fourth-order valence-electron chi connectivity index (χ4n) is 2.32. The van der Waals surface area contributed by atoms with E-state index in [4.69, 9.17) is 16.3 Å². The van der Waals surface area contributed by atoms with Crippen LogP contribution in [0.1, 0.15) is 30.3 Å². The van der Waals surface area contributed by atoms with E-state index in [1.807, 2.05) is 11.4 Å². The maximum Gasteiger partial charge on any atom is 0.225 e. The molecule has 0 unspecified atom stereocenters. The van der Waals surface area contributed by atoms with Crippen molar-refractivity contribution in [3.05, 3.63) is 51.2 Å². The molecule has 2 rings (SSSR count). The van der Waals surface area contributed by atoms with E-state index in [-0.39, 0.29) is 18.4 Å². The standard InChI is InChI=1S/C17H20ClNO2S/c1-11(2)17(15-5-4-8-22-15)19-16(20)10-12-9-13(18)6-7-14(12)21-3/h4-9,11,17H,10H2,1-3H3,(H,19,20)/t17-/m0/s1. The third kappa shape index (κ3) is 4.24. The first-order chi connectivity index (χ1) is 10.5. The SMILES string of the molecule is COc1ccc(Cl)cc1CC(=O)N[C@H](c1cccs1)C(C)C. The van der Waals surface area contributed by atoms with Gasteiger partial charge in [-0.15, -0.1) is 11.3 Å². The first-order valence-electron chi connectivity index (χ1n) is 7.16. The van der Waals surface area contributed by atoms with E-state index in [1.165, 1.54) is 4.88 Å². The average molecular weight is 338 g/mol. The highest BCUT2D eigenvalue weighted by Gasteiger charge is 2.20. The molecule has 5 heteroatoms. The highest BCUT2D eigenvalue weighted by atomic mass is 35.5. The largest absolute Gasteiger partial charge is 0.496 e. The van der Waals surface area contributed by atoms with E-state index < -0.39 is 0 Å². The minimum Gasteiger partial charge on any atom is -0.496 e. The zero-order chi connectivity index (χ0) is 16.1. The van der Waals surface area contributed by atoms with E-state index in [1.54, 1.807) is 36.6 Å². The molecule has 3 nitrogen and oxygen atoms in total. The molecule has 1 amide bonds. The van der Waals surface area contributed by atoms with E-state index in [2.05, 4.69) is 25.2 Å². The number of hydrogen-bond donors (Lipinski definition) is 1. The van der Waals surface area contributed by atoms with Gasteiger partial charge in [-0.25, -0.2) is 0 Å². The Morgan fingerprint density at radius 1 is 1.36 bits per heavy atom. The van der Waals surface area contributed by atoms with E-state index in [9.17, 15) is 4.79 Å². The Morgan fingerprint density at radius 3 is 2.73 bits per heavy atom. The van der Waals surface area contributed by atoms with Crippen LogP contribution in [0, 0.1) is 5.92 Å². The van der Waals surface area contributed by atoms with Gasteiger partial charge in [-0.1, -0.05) is 31.5 Å². The average Bonchev–Trinajstić information content (AvgIpc) is 2.98. The molecule has 0 aliphatic heterocycles. The summed E-state index contributed by atoms with van der Waals surface area (Å²) in [4.78, 5) is 13.6. The summed E-state index contributed by atoms with van der Waals surface area (Å²) in [6.07, 6.45) is 0.248. The molecule has 0 spiro atoms. The summed E-state index contributed by atoms with van der Waals surface area (Å²) in [6, 6.07) is 9.39. The predicted octanol–water partition coefficient (Wildman–Crippen LogP) is 4.47. The van der Waals surface area contributed by atoms with Crippen LogP contribution in [0.25, 0.3) is 0 Å². The van der Waals surface area contributed by atoms with Crippen molar-refractivity contribution in [3.63, 3.8) is 0 Å². The molecule has 2 aromatic rings. The van der Waals surface area contributed by atoms with Crippen LogP contribution in [0.15, 0.2) is 35.7 Å². The van der Waals surface area contributed by atoms with Gasteiger partial charge in [-0.2, -0.15) is 0 Å². The monoisotopic (exact) mass is 337 g/mol. The molecule has 0 radical (unpaired) electrons. The Morgan fingerprint density at radius 2 is 2.14 bits per heavy atom. The molecule has 0 aliphatic rings. The van der Waals surface area contributed by atoms with Crippen molar-refractivity contribution in [1.29, 1.82) is 0 Å². The van der Waals surface area contributed by atoms with Crippen LogP contribution in [-0.2, 0) is 11.2 Å². The Hall–Kier alpha value is -1.52. The topological polar surface area (TPSA) is 38.3 Å². The molecule has 1 atom stereocenters. The smallest absolute Gasteiger partial charge is 0.225 e. The quantitative estimate of drug-likeness (QED) is 0.844. The molecule has 0 bridgehead atoms. The van der Waals surface area contributed by atoms with Gasteiger partial charge in [0.15, 0.2) is 0 Å². The summed E-state index contributed by atoms with van der Waals surface area (Å²) < 4.78 is 5.29. The summed E-state index contributed by atoms with van der Waals surface area (Å²) in [5.74, 6) is 0.966. The zero-order valence-corrected chi connectivity index (χ0v) is 14.5. The maximum atomic E-state index is 12.4. The first kappa shape index (κ1) is 16.8. The Bertz CT molecular complexity index is 626. The number of rotatable bonds is 6. The summed E-state index contributed by atoms with van der Waals surface area (Å²) in [6.45, 7) is 4.20. The molecule has 118 valence electrons. The third-order valence-electron chi connectivity index (χ3n) is 3.43. The molecule has 1 aromatic carbocycles. The van der Waals surface area contributed by atoms with Crippen LogP contribution in [-0.4, -0.2) is 13.0 Å². The number of carbonyl (C=O) groups is 1. The molecule has 0 saturated carbocycles. The maximum absolute atomic E-state index is 12.4. The van der Waals surface area contributed by atoms with Crippen LogP contribution in [0.2, 0.25) is 5.02 Å². The number of benzene rings is 1. The molecule has 0 aliphatic carbocycles. The summed E-state index contributed by atoms with van der Waals surface area (Å²) in [5, 5.41) is 5.73. The van der Waals surface area contributed by atoms with Crippen molar-refractivity contribution in [2.45, 2.75) is 26.3 Å². The lowest BCUT2D eigenvalue weighted by atomic mass is 10.0. The predicted molar refractivity (Wildman–Crippen MR) is 91.7 cm³/mol. The van der Waals surface area contributed by atoms with Gasteiger partial charge < -0.3 is 10.1 Å². The van der Waals surface area contributed by atoms with Crippen LogP contribution >= 0.6 is 22.9 Å². The van der Waals surface area contributed by atoms with Crippen LogP contribution < -0.4 is 10.1 Å². The second-order valence-corrected chi connectivity index (χ2v) is 6.85. The van der Waals surface area contributed by atoms with Crippen molar-refractivity contribution in [2.24, 2.45) is 5.92 Å². The van der Waals surface area contributed by atoms with Gasteiger partial charge in [0.05, 0.1) is 19.6 Å². The number of hydrogen-bond acceptors (Lipinski definition) is 3. The van der Waals surface area contributed by atoms with Crippen LogP contribution in [0.5, 0.6) is 5.75 Å². The second kappa shape index (κ2) is 7.65. The normalized spacial score (nSPS) is 12.2. The fourth-order valence-corrected chi connectivity index (χ4v) is 3.46. The van der Waals surface area contributed by atoms with Crippen LogP contribution in [0.4, 0.5) is 0 Å². The van der Waals surface area contributed by atoms with Crippen LogP contribution in [0.3, 0.4) is 0 Å². The highest BCUT2D eigenvalue weighted by molar-refractivity contribution is 7.10. The number of ether oxygens (including phenoxy) is 1. The van der Waals surface area contributed by atoms with Gasteiger partial charge in [0.25, 0.3) is 0 Å². The van der Waals surface area contributed by atoms with E-state index >= 15 is 0 Å². The van der Waals surface area contributed by atoms with Gasteiger partial charge in [-0.3, -0.25) is 4.79 Å². The number of methoxy groups -OCH3 is 1. The van der Waals surface area contributed by atoms with Gasteiger partial charge in [-0.05, 0) is 35.6 Å².